The second-order valence-electron chi connectivity index (χ2n) is 10.4. The molecule has 1 aromatic carbocycles. The summed E-state index contributed by atoms with van der Waals surface area (Å²) in [5.74, 6) is 0. The number of hydrogen-bond donors (Lipinski definition) is 2. The molecular formula is C29H35N5O. The van der Waals surface area contributed by atoms with Crippen molar-refractivity contribution in [1.29, 1.82) is 5.41 Å². The van der Waals surface area contributed by atoms with E-state index in [1.54, 1.807) is 18.3 Å². The van der Waals surface area contributed by atoms with Crippen LogP contribution in [0.15, 0.2) is 59.7 Å². The highest BCUT2D eigenvalue weighted by atomic mass is 16.1. The molecule has 182 valence electrons. The van der Waals surface area contributed by atoms with Crippen molar-refractivity contribution in [1.82, 2.24) is 19.9 Å². The molecule has 2 heterocycles. The molecule has 2 N–H and O–H groups in total. The summed E-state index contributed by atoms with van der Waals surface area (Å²) in [4.78, 5) is 21.7. The van der Waals surface area contributed by atoms with Gasteiger partial charge in [0.25, 0.3) is 5.56 Å². The van der Waals surface area contributed by atoms with Crippen molar-refractivity contribution in [3.05, 3.63) is 87.7 Å². The fourth-order valence-corrected chi connectivity index (χ4v) is 4.31. The van der Waals surface area contributed by atoms with Crippen LogP contribution < -0.4 is 10.9 Å². The average molecular weight is 470 g/mol. The van der Waals surface area contributed by atoms with Gasteiger partial charge >= 0.3 is 0 Å². The lowest BCUT2D eigenvalue weighted by molar-refractivity contribution is 0.424. The van der Waals surface area contributed by atoms with Gasteiger partial charge in [-0.25, -0.2) is 4.98 Å². The summed E-state index contributed by atoms with van der Waals surface area (Å²) >= 11 is 0. The van der Waals surface area contributed by atoms with E-state index in [4.69, 9.17) is 10.4 Å². The molecule has 3 aromatic rings. The standard InChI is InChI=1S/C29H35N5O/c1-20-26(15-14-25(30)22-11-9-21(10-12-22)17-32-29(2,3)4)33-27(18-31-20)23-13-16-28(35)34(19-23)24-7-5-6-8-24/h9-16,18-19,24,30,32H,5-8,17H2,1-4H3/b15-14+,30-25?. The fourth-order valence-electron chi connectivity index (χ4n) is 4.31. The van der Waals surface area contributed by atoms with Crippen molar-refractivity contribution < 1.29 is 0 Å². The molecule has 0 unspecified atom stereocenters. The van der Waals surface area contributed by atoms with Gasteiger partial charge in [0.15, 0.2) is 0 Å². The third-order valence-corrected chi connectivity index (χ3v) is 6.44. The monoisotopic (exact) mass is 469 g/mol. The Hall–Kier alpha value is -3.38. The van der Waals surface area contributed by atoms with Crippen molar-refractivity contribution in [3.63, 3.8) is 0 Å². The van der Waals surface area contributed by atoms with E-state index in [2.05, 4.69) is 43.2 Å². The van der Waals surface area contributed by atoms with E-state index in [0.717, 1.165) is 47.6 Å². The van der Waals surface area contributed by atoms with Gasteiger partial charge in [-0.15, -0.1) is 0 Å². The van der Waals surface area contributed by atoms with Gasteiger partial charge < -0.3 is 15.3 Å². The molecule has 1 aliphatic rings. The van der Waals surface area contributed by atoms with E-state index in [9.17, 15) is 4.79 Å². The van der Waals surface area contributed by atoms with Crippen LogP contribution >= 0.6 is 0 Å². The van der Waals surface area contributed by atoms with Crippen LogP contribution in [-0.4, -0.2) is 25.8 Å². The predicted molar refractivity (Wildman–Crippen MR) is 143 cm³/mol. The Morgan fingerprint density at radius 3 is 2.54 bits per heavy atom. The third-order valence-electron chi connectivity index (χ3n) is 6.44. The average Bonchev–Trinajstić information content (AvgIpc) is 3.37. The summed E-state index contributed by atoms with van der Waals surface area (Å²) in [5.41, 5.74) is 5.69. The molecular weight excluding hydrogens is 434 g/mol. The lowest BCUT2D eigenvalue weighted by Gasteiger charge is -2.20. The Bertz CT molecular complexity index is 1280. The second-order valence-corrected chi connectivity index (χ2v) is 10.4. The Labute approximate surface area is 207 Å². The number of hydrogen-bond acceptors (Lipinski definition) is 5. The Morgan fingerprint density at radius 1 is 1.14 bits per heavy atom. The van der Waals surface area contributed by atoms with Crippen LogP contribution in [0, 0.1) is 12.3 Å². The van der Waals surface area contributed by atoms with Gasteiger partial charge in [0.05, 0.1) is 29.0 Å². The molecule has 4 rings (SSSR count). The van der Waals surface area contributed by atoms with Gasteiger partial charge in [0.1, 0.15) is 0 Å². The van der Waals surface area contributed by atoms with Crippen LogP contribution in [0.1, 0.15) is 75.0 Å². The van der Waals surface area contributed by atoms with Crippen molar-refractivity contribution in [2.45, 2.75) is 71.5 Å². The van der Waals surface area contributed by atoms with Gasteiger partial charge in [-0.05, 0) is 69.9 Å². The van der Waals surface area contributed by atoms with Crippen LogP contribution in [-0.2, 0) is 6.54 Å². The molecule has 1 saturated carbocycles. The van der Waals surface area contributed by atoms with Crippen LogP contribution in [0.25, 0.3) is 17.3 Å². The Morgan fingerprint density at radius 2 is 1.86 bits per heavy atom. The molecule has 1 fully saturated rings. The van der Waals surface area contributed by atoms with Gasteiger partial charge in [0, 0.05) is 36.0 Å². The minimum Gasteiger partial charge on any atom is -0.312 e. The summed E-state index contributed by atoms with van der Waals surface area (Å²) in [7, 11) is 0. The number of nitrogens with zero attached hydrogens (tertiary/aromatic N) is 3. The number of benzene rings is 1. The first-order chi connectivity index (χ1) is 16.7. The molecule has 35 heavy (non-hydrogen) atoms. The van der Waals surface area contributed by atoms with Crippen molar-refractivity contribution >= 4 is 11.8 Å². The Balaban J connectivity index is 1.50. The maximum Gasteiger partial charge on any atom is 0.250 e. The second kappa shape index (κ2) is 10.5. The van der Waals surface area contributed by atoms with E-state index in [1.165, 1.54) is 18.4 Å². The molecule has 0 radical (unpaired) electrons. The highest BCUT2D eigenvalue weighted by Gasteiger charge is 2.18. The summed E-state index contributed by atoms with van der Waals surface area (Å²) in [6.45, 7) is 9.15. The number of allylic oxidation sites excluding steroid dienone is 1. The molecule has 0 bridgehead atoms. The maximum absolute atomic E-state index is 12.4. The van der Waals surface area contributed by atoms with Gasteiger partial charge in [-0.2, -0.15) is 0 Å². The lowest BCUT2D eigenvalue weighted by atomic mass is 10.0. The van der Waals surface area contributed by atoms with Crippen molar-refractivity contribution in [3.8, 4) is 11.3 Å². The molecule has 1 aliphatic carbocycles. The van der Waals surface area contributed by atoms with Gasteiger partial charge in [-0.3, -0.25) is 9.78 Å². The first-order valence-corrected chi connectivity index (χ1v) is 12.4. The highest BCUT2D eigenvalue weighted by molar-refractivity contribution is 6.08. The number of aromatic nitrogens is 3. The number of rotatable bonds is 7. The normalized spacial score (nSPS) is 14.6. The van der Waals surface area contributed by atoms with E-state index in [1.807, 2.05) is 42.0 Å². The van der Waals surface area contributed by atoms with Crippen molar-refractivity contribution in [2.24, 2.45) is 0 Å². The number of aryl methyl sites for hydroxylation is 1. The number of nitrogens with one attached hydrogen (secondary N) is 2. The summed E-state index contributed by atoms with van der Waals surface area (Å²) in [6.07, 6.45) is 11.7. The SMILES string of the molecule is Cc1ncc(-c2ccc(=O)n(C3CCCC3)c2)nc1/C=C/C(=N)c1ccc(CNC(C)(C)C)cc1. The smallest absolute Gasteiger partial charge is 0.250 e. The van der Waals surface area contributed by atoms with Crippen LogP contribution in [0.5, 0.6) is 0 Å². The van der Waals surface area contributed by atoms with E-state index >= 15 is 0 Å². The first-order valence-electron chi connectivity index (χ1n) is 12.4. The third kappa shape index (κ3) is 6.40. The molecule has 0 aliphatic heterocycles. The van der Waals surface area contributed by atoms with Crippen LogP contribution in [0.4, 0.5) is 0 Å². The highest BCUT2D eigenvalue weighted by Crippen LogP contribution is 2.29. The largest absolute Gasteiger partial charge is 0.312 e. The van der Waals surface area contributed by atoms with Gasteiger partial charge in [0.2, 0.25) is 0 Å². The zero-order valence-electron chi connectivity index (χ0n) is 21.1. The molecule has 0 spiro atoms. The maximum atomic E-state index is 12.4. The van der Waals surface area contributed by atoms with E-state index in [0.29, 0.717) is 5.71 Å². The van der Waals surface area contributed by atoms with E-state index in [-0.39, 0.29) is 17.1 Å². The topological polar surface area (TPSA) is 83.7 Å². The summed E-state index contributed by atoms with van der Waals surface area (Å²) in [6, 6.07) is 11.8. The molecule has 0 atom stereocenters. The molecule has 6 nitrogen and oxygen atoms in total. The zero-order chi connectivity index (χ0) is 25.0. The zero-order valence-corrected chi connectivity index (χ0v) is 21.1. The summed E-state index contributed by atoms with van der Waals surface area (Å²) in [5, 5.41) is 12.0. The van der Waals surface area contributed by atoms with E-state index < -0.39 is 0 Å². The minimum absolute atomic E-state index is 0.0366. The quantitative estimate of drug-likeness (QED) is 0.435. The summed E-state index contributed by atoms with van der Waals surface area (Å²) < 4.78 is 1.86. The molecule has 0 amide bonds. The fraction of sp³-hybridized carbons (Fsp3) is 0.379. The molecule has 0 saturated heterocycles. The number of pyridine rings is 1. The minimum atomic E-state index is 0.0366. The molecule has 2 aromatic heterocycles. The van der Waals surface area contributed by atoms with Gasteiger partial charge in [-0.1, -0.05) is 37.1 Å². The predicted octanol–water partition coefficient (Wildman–Crippen LogP) is 5.70. The van der Waals surface area contributed by atoms with Crippen LogP contribution in [0.2, 0.25) is 0 Å². The van der Waals surface area contributed by atoms with Crippen LogP contribution in [0.3, 0.4) is 0 Å². The first kappa shape index (κ1) is 24.7. The van der Waals surface area contributed by atoms with Crippen molar-refractivity contribution in [2.75, 3.05) is 0 Å². The molecule has 6 heteroatoms. The Kier molecular flexibility index (Phi) is 7.41. The lowest BCUT2D eigenvalue weighted by Crippen LogP contribution is -2.35.